The van der Waals surface area contributed by atoms with Crippen LogP contribution in [0.25, 0.3) is 0 Å². The molecule has 0 saturated heterocycles. The lowest BCUT2D eigenvalue weighted by atomic mass is 10.0. The van der Waals surface area contributed by atoms with E-state index in [4.69, 9.17) is 5.26 Å². The molecule has 0 bridgehead atoms. The third kappa shape index (κ3) is 1.83. The Labute approximate surface area is 80.3 Å². The lowest BCUT2D eigenvalue weighted by Gasteiger charge is -2.00. The standard InChI is InChI=1S/C9H8N2OS/c1-6(2)8-4-13-9(11-5-12)7(8)3-10/h4,6H,1-2H3. The van der Waals surface area contributed by atoms with Crippen LogP contribution in [0.3, 0.4) is 0 Å². The van der Waals surface area contributed by atoms with E-state index in [-0.39, 0.29) is 5.92 Å². The van der Waals surface area contributed by atoms with Crippen LogP contribution in [0.15, 0.2) is 10.4 Å². The van der Waals surface area contributed by atoms with Gasteiger partial charge in [0.2, 0.25) is 6.08 Å². The summed E-state index contributed by atoms with van der Waals surface area (Å²) in [4.78, 5) is 13.5. The minimum absolute atomic E-state index is 0.279. The van der Waals surface area contributed by atoms with Crippen LogP contribution >= 0.6 is 11.3 Å². The first-order valence-electron chi connectivity index (χ1n) is 3.80. The Kier molecular flexibility index (Phi) is 2.97. The van der Waals surface area contributed by atoms with Gasteiger partial charge in [-0.05, 0) is 16.9 Å². The third-order valence-electron chi connectivity index (χ3n) is 1.68. The Morgan fingerprint density at radius 1 is 1.62 bits per heavy atom. The number of hydrogen-bond donors (Lipinski definition) is 0. The zero-order valence-electron chi connectivity index (χ0n) is 7.37. The van der Waals surface area contributed by atoms with Gasteiger partial charge in [-0.15, -0.1) is 11.3 Å². The van der Waals surface area contributed by atoms with Gasteiger partial charge in [-0.25, -0.2) is 4.79 Å². The van der Waals surface area contributed by atoms with Crippen molar-refractivity contribution in [2.45, 2.75) is 19.8 Å². The second kappa shape index (κ2) is 3.99. The number of nitriles is 1. The van der Waals surface area contributed by atoms with Gasteiger partial charge in [0.1, 0.15) is 11.1 Å². The van der Waals surface area contributed by atoms with E-state index >= 15 is 0 Å². The Bertz CT molecular complexity index is 394. The maximum absolute atomic E-state index is 10.0. The molecule has 66 valence electrons. The van der Waals surface area contributed by atoms with E-state index in [1.165, 1.54) is 17.4 Å². The van der Waals surface area contributed by atoms with E-state index in [1.807, 2.05) is 25.3 Å². The van der Waals surface area contributed by atoms with Crippen LogP contribution in [0.4, 0.5) is 5.00 Å². The van der Waals surface area contributed by atoms with Gasteiger partial charge in [0, 0.05) is 0 Å². The number of rotatable bonds is 2. The lowest BCUT2D eigenvalue weighted by molar-refractivity contribution is 0.565. The molecular weight excluding hydrogens is 184 g/mol. The lowest BCUT2D eigenvalue weighted by Crippen LogP contribution is -1.86. The van der Waals surface area contributed by atoms with Crippen molar-refractivity contribution in [2.75, 3.05) is 0 Å². The van der Waals surface area contributed by atoms with Crippen LogP contribution in [0.2, 0.25) is 0 Å². The smallest absolute Gasteiger partial charge is 0.211 e. The molecule has 4 heteroatoms. The van der Waals surface area contributed by atoms with Gasteiger partial charge in [0.15, 0.2) is 0 Å². The van der Waals surface area contributed by atoms with Gasteiger partial charge in [-0.1, -0.05) is 13.8 Å². The van der Waals surface area contributed by atoms with Gasteiger partial charge in [-0.2, -0.15) is 10.3 Å². The minimum Gasteiger partial charge on any atom is -0.211 e. The average Bonchev–Trinajstić information content (AvgIpc) is 2.48. The van der Waals surface area contributed by atoms with Crippen molar-refractivity contribution in [2.24, 2.45) is 4.99 Å². The summed E-state index contributed by atoms with van der Waals surface area (Å²) in [5, 5.41) is 11.2. The summed E-state index contributed by atoms with van der Waals surface area (Å²) >= 11 is 1.30. The second-order valence-corrected chi connectivity index (χ2v) is 3.70. The normalized spacial score (nSPS) is 9.38. The van der Waals surface area contributed by atoms with Crippen molar-refractivity contribution in [3.63, 3.8) is 0 Å². The zero-order valence-corrected chi connectivity index (χ0v) is 8.18. The molecule has 0 atom stereocenters. The Hall–Kier alpha value is -1.43. The maximum Gasteiger partial charge on any atom is 0.241 e. The summed E-state index contributed by atoms with van der Waals surface area (Å²) in [5.74, 6) is 0.279. The van der Waals surface area contributed by atoms with Crippen molar-refractivity contribution < 1.29 is 4.79 Å². The number of isocyanates is 1. The van der Waals surface area contributed by atoms with Crippen molar-refractivity contribution in [3.8, 4) is 6.07 Å². The van der Waals surface area contributed by atoms with Gasteiger partial charge in [0.25, 0.3) is 0 Å². The second-order valence-electron chi connectivity index (χ2n) is 2.84. The average molecular weight is 192 g/mol. The topological polar surface area (TPSA) is 53.2 Å². The van der Waals surface area contributed by atoms with E-state index < -0.39 is 0 Å². The zero-order chi connectivity index (χ0) is 9.84. The molecule has 0 aliphatic heterocycles. The highest BCUT2D eigenvalue weighted by Gasteiger charge is 2.13. The molecule has 0 unspecified atom stereocenters. The van der Waals surface area contributed by atoms with E-state index in [9.17, 15) is 4.79 Å². The molecule has 0 spiro atoms. The fraction of sp³-hybridized carbons (Fsp3) is 0.333. The van der Waals surface area contributed by atoms with Crippen LogP contribution in [0.1, 0.15) is 30.9 Å². The van der Waals surface area contributed by atoms with Gasteiger partial charge in [0.05, 0.1) is 5.56 Å². The molecular formula is C9H8N2OS. The van der Waals surface area contributed by atoms with Crippen molar-refractivity contribution in [1.29, 1.82) is 5.26 Å². The van der Waals surface area contributed by atoms with Crippen LogP contribution in [0, 0.1) is 11.3 Å². The molecule has 0 aromatic carbocycles. The molecule has 0 N–H and O–H groups in total. The summed E-state index contributed by atoms with van der Waals surface area (Å²) in [6.07, 6.45) is 1.45. The summed E-state index contributed by atoms with van der Waals surface area (Å²) in [5.41, 5.74) is 1.45. The molecule has 0 fully saturated rings. The largest absolute Gasteiger partial charge is 0.241 e. The molecule has 1 heterocycles. The molecule has 0 radical (unpaired) electrons. The molecule has 0 aliphatic rings. The first-order chi connectivity index (χ1) is 6.20. The number of nitrogens with zero attached hydrogens (tertiary/aromatic N) is 2. The SMILES string of the molecule is CC(C)c1csc(N=C=O)c1C#N. The van der Waals surface area contributed by atoms with Crippen molar-refractivity contribution in [1.82, 2.24) is 0 Å². The highest BCUT2D eigenvalue weighted by atomic mass is 32.1. The summed E-state index contributed by atoms with van der Waals surface area (Å²) < 4.78 is 0. The van der Waals surface area contributed by atoms with Crippen LogP contribution < -0.4 is 0 Å². The molecule has 0 saturated carbocycles. The molecule has 13 heavy (non-hydrogen) atoms. The highest BCUT2D eigenvalue weighted by molar-refractivity contribution is 7.14. The van der Waals surface area contributed by atoms with Crippen molar-refractivity contribution >= 4 is 22.4 Å². The number of hydrogen-bond acceptors (Lipinski definition) is 4. The minimum atomic E-state index is 0.279. The molecule has 3 nitrogen and oxygen atoms in total. The molecule has 1 aromatic rings. The Morgan fingerprint density at radius 3 is 2.77 bits per heavy atom. The first kappa shape index (κ1) is 9.66. The first-order valence-corrected chi connectivity index (χ1v) is 4.68. The summed E-state index contributed by atoms with van der Waals surface area (Å²) in [7, 11) is 0. The maximum atomic E-state index is 10.0. The predicted octanol–water partition coefficient (Wildman–Crippen LogP) is 2.71. The van der Waals surface area contributed by atoms with Gasteiger partial charge in [-0.3, -0.25) is 0 Å². The van der Waals surface area contributed by atoms with Crippen LogP contribution in [0.5, 0.6) is 0 Å². The molecule has 0 amide bonds. The number of carbonyl (C=O) groups excluding carboxylic acids is 1. The van der Waals surface area contributed by atoms with Gasteiger partial charge >= 0.3 is 0 Å². The number of aliphatic imine (C=N–C) groups is 1. The van der Waals surface area contributed by atoms with E-state index in [1.54, 1.807) is 0 Å². The Morgan fingerprint density at radius 2 is 2.31 bits per heavy atom. The third-order valence-corrected chi connectivity index (χ3v) is 2.57. The predicted molar refractivity (Wildman–Crippen MR) is 50.9 cm³/mol. The van der Waals surface area contributed by atoms with Crippen LogP contribution in [-0.4, -0.2) is 6.08 Å². The van der Waals surface area contributed by atoms with Gasteiger partial charge < -0.3 is 0 Å². The van der Waals surface area contributed by atoms with E-state index in [0.29, 0.717) is 10.6 Å². The fourth-order valence-corrected chi connectivity index (χ4v) is 2.02. The number of thiophene rings is 1. The van der Waals surface area contributed by atoms with E-state index in [2.05, 4.69) is 4.99 Å². The summed E-state index contributed by atoms with van der Waals surface area (Å²) in [6.45, 7) is 3.99. The summed E-state index contributed by atoms with van der Waals surface area (Å²) in [6, 6.07) is 2.05. The van der Waals surface area contributed by atoms with Crippen LogP contribution in [-0.2, 0) is 4.79 Å². The molecule has 0 aliphatic carbocycles. The quantitative estimate of drug-likeness (QED) is 0.534. The fourth-order valence-electron chi connectivity index (χ4n) is 1.02. The molecule has 1 rings (SSSR count). The Balaban J connectivity index is 3.28. The van der Waals surface area contributed by atoms with Crippen molar-refractivity contribution in [3.05, 3.63) is 16.5 Å². The van der Waals surface area contributed by atoms with E-state index in [0.717, 1.165) is 5.56 Å². The highest BCUT2D eigenvalue weighted by Crippen LogP contribution is 2.33. The monoisotopic (exact) mass is 192 g/mol. The molecule has 1 aromatic heterocycles.